The van der Waals surface area contributed by atoms with Crippen molar-refractivity contribution in [3.8, 4) is 0 Å². The highest BCUT2D eigenvalue weighted by molar-refractivity contribution is 5.94. The topological polar surface area (TPSA) is 97.8 Å². The number of likely N-dealkylation sites (tertiary alicyclic amines) is 1. The molecule has 0 spiro atoms. The first-order valence-corrected chi connectivity index (χ1v) is 14.3. The van der Waals surface area contributed by atoms with Crippen molar-refractivity contribution in [3.63, 3.8) is 0 Å². The van der Waals surface area contributed by atoms with Gasteiger partial charge in [0.15, 0.2) is 0 Å². The number of anilines is 1. The normalized spacial score (nSPS) is 30.4. The van der Waals surface area contributed by atoms with Crippen LogP contribution in [0.15, 0.2) is 30.6 Å². The molecule has 3 fully saturated rings. The first-order valence-electron chi connectivity index (χ1n) is 14.3. The maximum absolute atomic E-state index is 13.4. The molecule has 0 bridgehead atoms. The molecular formula is C29H43N5O4. The number of amides is 1. The number of nitrogens with one attached hydrogen (secondary N) is 2. The van der Waals surface area contributed by atoms with E-state index in [0.717, 1.165) is 56.5 Å². The van der Waals surface area contributed by atoms with Crippen molar-refractivity contribution in [2.45, 2.75) is 82.3 Å². The fourth-order valence-electron chi connectivity index (χ4n) is 6.16. The molecule has 2 N–H and O–H groups in total. The van der Waals surface area contributed by atoms with Crippen molar-refractivity contribution in [1.82, 2.24) is 20.2 Å². The van der Waals surface area contributed by atoms with E-state index in [9.17, 15) is 4.79 Å². The summed E-state index contributed by atoms with van der Waals surface area (Å²) in [6.45, 7) is 5.44. The third-order valence-electron chi connectivity index (χ3n) is 8.50. The standard InChI is InChI=1S/C29H43N5O4/c1-20-27(29(35)34-14-11-22(12-15-34)33-24-13-16-37-18-26(24)36-2)31-19-32-28(20)30-17-23-9-6-10-25(38-23)21-7-4-3-5-8-21/h3-5,7,19,21-26,33H,6,8-18H2,1-2H3,(H,30,31,32)/t21?,23-,24-,25+,26+/m1/s1. The van der Waals surface area contributed by atoms with E-state index in [1.54, 1.807) is 7.11 Å². The number of ether oxygens (including phenoxy) is 3. The van der Waals surface area contributed by atoms with Crippen molar-refractivity contribution in [1.29, 1.82) is 0 Å². The molecule has 1 aromatic heterocycles. The molecule has 0 saturated carbocycles. The lowest BCUT2D eigenvalue weighted by Crippen LogP contribution is -2.54. The average Bonchev–Trinajstić information content (AvgIpc) is 2.97. The average molecular weight is 526 g/mol. The van der Waals surface area contributed by atoms with Crippen LogP contribution in [0.2, 0.25) is 0 Å². The van der Waals surface area contributed by atoms with Gasteiger partial charge in [0, 0.05) is 56.9 Å². The smallest absolute Gasteiger partial charge is 0.272 e. The Morgan fingerprint density at radius 1 is 1.16 bits per heavy atom. The second-order valence-corrected chi connectivity index (χ2v) is 11.0. The van der Waals surface area contributed by atoms with Crippen LogP contribution in [0, 0.1) is 12.8 Å². The van der Waals surface area contributed by atoms with Gasteiger partial charge in [-0.25, -0.2) is 9.97 Å². The Morgan fingerprint density at radius 2 is 2.03 bits per heavy atom. The van der Waals surface area contributed by atoms with E-state index < -0.39 is 0 Å². The van der Waals surface area contributed by atoms with E-state index in [1.807, 2.05) is 11.8 Å². The molecule has 1 unspecified atom stereocenters. The summed E-state index contributed by atoms with van der Waals surface area (Å²) in [6, 6.07) is 0.682. The Labute approximate surface area is 226 Å². The van der Waals surface area contributed by atoms with Gasteiger partial charge in [-0.3, -0.25) is 4.79 Å². The second-order valence-electron chi connectivity index (χ2n) is 11.0. The van der Waals surface area contributed by atoms with Gasteiger partial charge < -0.3 is 29.7 Å². The zero-order valence-electron chi connectivity index (χ0n) is 22.8. The van der Waals surface area contributed by atoms with Gasteiger partial charge in [0.05, 0.1) is 24.9 Å². The molecular weight excluding hydrogens is 482 g/mol. The number of aromatic nitrogens is 2. The Hall–Kier alpha value is -2.33. The molecule has 4 heterocycles. The summed E-state index contributed by atoms with van der Waals surface area (Å²) in [5.74, 6) is 1.17. The zero-order valence-corrected chi connectivity index (χ0v) is 22.8. The third-order valence-corrected chi connectivity index (χ3v) is 8.50. The van der Waals surface area contributed by atoms with Gasteiger partial charge in [0.25, 0.3) is 5.91 Å². The van der Waals surface area contributed by atoms with Crippen LogP contribution in [0.25, 0.3) is 0 Å². The highest BCUT2D eigenvalue weighted by atomic mass is 16.5. The number of carbonyl (C=O) groups excluding carboxylic acids is 1. The minimum Gasteiger partial charge on any atom is -0.379 e. The van der Waals surface area contributed by atoms with Crippen LogP contribution in [0.1, 0.15) is 61.0 Å². The van der Waals surface area contributed by atoms with Crippen LogP contribution in [-0.2, 0) is 14.2 Å². The summed E-state index contributed by atoms with van der Waals surface area (Å²) in [6.07, 6.45) is 17.9. The van der Waals surface area contributed by atoms with Gasteiger partial charge in [-0.2, -0.15) is 0 Å². The molecule has 9 nitrogen and oxygen atoms in total. The highest BCUT2D eigenvalue weighted by Gasteiger charge is 2.32. The number of hydrogen-bond donors (Lipinski definition) is 2. The lowest BCUT2D eigenvalue weighted by atomic mass is 9.89. The van der Waals surface area contributed by atoms with Crippen molar-refractivity contribution >= 4 is 11.7 Å². The molecule has 9 heteroatoms. The molecule has 3 aliphatic heterocycles. The van der Waals surface area contributed by atoms with E-state index >= 15 is 0 Å². The Bertz CT molecular complexity index is 993. The molecule has 208 valence electrons. The van der Waals surface area contributed by atoms with Gasteiger partial charge in [0.1, 0.15) is 17.8 Å². The van der Waals surface area contributed by atoms with Crippen LogP contribution in [0.4, 0.5) is 5.82 Å². The van der Waals surface area contributed by atoms with Crippen LogP contribution in [0.3, 0.4) is 0 Å². The molecule has 3 saturated heterocycles. The highest BCUT2D eigenvalue weighted by Crippen LogP contribution is 2.29. The number of carbonyl (C=O) groups is 1. The maximum Gasteiger partial charge on any atom is 0.272 e. The molecule has 0 aromatic carbocycles. The number of rotatable bonds is 8. The number of nitrogens with zero attached hydrogens (tertiary/aromatic N) is 3. The summed E-state index contributed by atoms with van der Waals surface area (Å²) < 4.78 is 17.6. The van der Waals surface area contributed by atoms with Gasteiger partial charge in [-0.05, 0) is 51.9 Å². The van der Waals surface area contributed by atoms with Gasteiger partial charge in [-0.1, -0.05) is 24.3 Å². The molecule has 38 heavy (non-hydrogen) atoms. The fourth-order valence-corrected chi connectivity index (χ4v) is 6.16. The van der Waals surface area contributed by atoms with Crippen molar-refractivity contribution in [2.24, 2.45) is 5.92 Å². The van der Waals surface area contributed by atoms with Crippen molar-refractivity contribution < 1.29 is 19.0 Å². The van der Waals surface area contributed by atoms with Crippen LogP contribution >= 0.6 is 0 Å². The molecule has 5 rings (SSSR count). The Balaban J connectivity index is 1.12. The maximum atomic E-state index is 13.4. The zero-order chi connectivity index (χ0) is 26.3. The molecule has 4 aliphatic rings. The molecule has 1 amide bonds. The predicted octanol–water partition coefficient (Wildman–Crippen LogP) is 3.27. The predicted molar refractivity (Wildman–Crippen MR) is 146 cm³/mol. The molecule has 1 aliphatic carbocycles. The largest absolute Gasteiger partial charge is 0.379 e. The fraction of sp³-hybridized carbons (Fsp3) is 0.690. The van der Waals surface area contributed by atoms with Crippen molar-refractivity contribution in [2.75, 3.05) is 45.3 Å². The summed E-state index contributed by atoms with van der Waals surface area (Å²) in [5.41, 5.74) is 1.29. The summed E-state index contributed by atoms with van der Waals surface area (Å²) in [5, 5.41) is 7.21. The lowest BCUT2D eigenvalue weighted by molar-refractivity contribution is -0.0615. The molecule has 5 atom stereocenters. The number of hydrogen-bond acceptors (Lipinski definition) is 8. The van der Waals surface area contributed by atoms with Crippen molar-refractivity contribution in [3.05, 3.63) is 41.9 Å². The molecule has 0 radical (unpaired) electrons. The first-order chi connectivity index (χ1) is 18.6. The monoisotopic (exact) mass is 525 g/mol. The molecule has 1 aromatic rings. The van der Waals surface area contributed by atoms with E-state index in [4.69, 9.17) is 14.2 Å². The summed E-state index contributed by atoms with van der Waals surface area (Å²) in [4.78, 5) is 24.2. The van der Waals surface area contributed by atoms with Crippen LogP contribution < -0.4 is 10.6 Å². The lowest BCUT2D eigenvalue weighted by Gasteiger charge is -2.38. The second kappa shape index (κ2) is 13.2. The van der Waals surface area contributed by atoms with Gasteiger partial charge >= 0.3 is 0 Å². The number of piperidine rings is 1. The number of allylic oxidation sites excluding steroid dienone is 3. The minimum absolute atomic E-state index is 0.0154. The SMILES string of the molecule is CO[C@H]1COCC[C@H]1NC1CCN(C(=O)c2ncnc(NC[C@H]3CCC[C@@H](C4C=CC=CC4)O3)c2C)CC1. The van der Waals surface area contributed by atoms with Crippen LogP contribution in [0.5, 0.6) is 0 Å². The summed E-state index contributed by atoms with van der Waals surface area (Å²) >= 11 is 0. The van der Waals surface area contributed by atoms with E-state index in [-0.39, 0.29) is 24.2 Å². The van der Waals surface area contributed by atoms with Gasteiger partial charge in [-0.15, -0.1) is 0 Å². The quantitative estimate of drug-likeness (QED) is 0.534. The van der Waals surface area contributed by atoms with E-state index in [0.29, 0.717) is 49.9 Å². The number of methoxy groups -OCH3 is 1. The Kier molecular flexibility index (Phi) is 9.43. The minimum atomic E-state index is -0.0154. The van der Waals surface area contributed by atoms with Gasteiger partial charge in [0.2, 0.25) is 0 Å². The first kappa shape index (κ1) is 27.2. The Morgan fingerprint density at radius 3 is 2.82 bits per heavy atom. The van der Waals surface area contributed by atoms with E-state index in [2.05, 4.69) is 44.9 Å². The third kappa shape index (κ3) is 6.62. The van der Waals surface area contributed by atoms with E-state index in [1.165, 1.54) is 12.7 Å². The van der Waals surface area contributed by atoms with Crippen LogP contribution in [-0.4, -0.2) is 91.1 Å². The summed E-state index contributed by atoms with van der Waals surface area (Å²) in [7, 11) is 1.74.